The molecule has 5 nitrogen and oxygen atoms in total. The van der Waals surface area contributed by atoms with Crippen LogP contribution in [-0.2, 0) is 11.3 Å². The lowest BCUT2D eigenvalue weighted by atomic mass is 10.2. The molecule has 0 aliphatic carbocycles. The average Bonchev–Trinajstić information content (AvgIpc) is 2.26. The number of hydrogen-bond donors (Lipinski definition) is 3. The standard InChI is InChI=1S/C10H22N2O3S/c1-3-10(13)9-12(4-2)8-6-5-7-11-16(14)15/h3,10-11,13H,1,4-9H2,2H3,(H,14,15). The summed E-state index contributed by atoms with van der Waals surface area (Å²) in [5.74, 6) is 0. The highest BCUT2D eigenvalue weighted by Crippen LogP contribution is 1.97. The summed E-state index contributed by atoms with van der Waals surface area (Å²) in [5.41, 5.74) is 0. The van der Waals surface area contributed by atoms with Gasteiger partial charge in [-0.1, -0.05) is 13.0 Å². The van der Waals surface area contributed by atoms with Crippen molar-refractivity contribution in [1.82, 2.24) is 9.62 Å². The van der Waals surface area contributed by atoms with Crippen LogP contribution in [0.5, 0.6) is 0 Å². The van der Waals surface area contributed by atoms with Gasteiger partial charge in [-0.05, 0) is 25.9 Å². The lowest BCUT2D eigenvalue weighted by Crippen LogP contribution is -2.32. The zero-order chi connectivity index (χ0) is 12.4. The van der Waals surface area contributed by atoms with Crippen molar-refractivity contribution in [1.29, 1.82) is 0 Å². The van der Waals surface area contributed by atoms with Crippen LogP contribution >= 0.6 is 0 Å². The maximum atomic E-state index is 10.3. The van der Waals surface area contributed by atoms with Crippen molar-refractivity contribution < 1.29 is 13.9 Å². The fourth-order valence-corrected chi connectivity index (χ4v) is 1.66. The number of unbranched alkanes of at least 4 members (excludes halogenated alkanes) is 1. The van der Waals surface area contributed by atoms with E-state index in [4.69, 9.17) is 4.55 Å². The molecule has 0 aromatic heterocycles. The first-order valence-electron chi connectivity index (χ1n) is 5.47. The van der Waals surface area contributed by atoms with Gasteiger partial charge in [0.2, 0.25) is 11.3 Å². The van der Waals surface area contributed by atoms with E-state index in [2.05, 4.69) is 16.2 Å². The fourth-order valence-electron chi connectivity index (χ4n) is 1.34. The summed E-state index contributed by atoms with van der Waals surface area (Å²) >= 11 is -1.91. The first-order chi connectivity index (χ1) is 7.60. The topological polar surface area (TPSA) is 72.8 Å². The van der Waals surface area contributed by atoms with Crippen molar-refractivity contribution in [2.45, 2.75) is 25.9 Å². The highest BCUT2D eigenvalue weighted by atomic mass is 32.2. The summed E-state index contributed by atoms with van der Waals surface area (Å²) < 4.78 is 21.2. The maximum absolute atomic E-state index is 10.3. The second kappa shape index (κ2) is 9.92. The number of nitrogens with zero attached hydrogens (tertiary/aromatic N) is 1. The van der Waals surface area contributed by atoms with Crippen LogP contribution < -0.4 is 4.72 Å². The molecule has 96 valence electrons. The fraction of sp³-hybridized carbons (Fsp3) is 0.800. The zero-order valence-electron chi connectivity index (χ0n) is 9.76. The molecule has 0 aromatic carbocycles. The minimum Gasteiger partial charge on any atom is -0.388 e. The van der Waals surface area contributed by atoms with Crippen molar-refractivity contribution in [3.8, 4) is 0 Å². The summed E-state index contributed by atoms with van der Waals surface area (Å²) in [6, 6.07) is 0. The molecule has 0 fully saturated rings. The van der Waals surface area contributed by atoms with Crippen LogP contribution in [0.2, 0.25) is 0 Å². The number of likely N-dealkylation sites (N-methyl/N-ethyl adjacent to an activating group) is 1. The van der Waals surface area contributed by atoms with Gasteiger partial charge in [-0.15, -0.1) is 6.58 Å². The lowest BCUT2D eigenvalue weighted by molar-refractivity contribution is 0.149. The molecule has 16 heavy (non-hydrogen) atoms. The number of hydrogen-bond acceptors (Lipinski definition) is 3. The minimum atomic E-state index is -1.91. The molecule has 0 saturated carbocycles. The van der Waals surface area contributed by atoms with Crippen LogP contribution in [0.3, 0.4) is 0 Å². The first-order valence-corrected chi connectivity index (χ1v) is 6.58. The summed E-state index contributed by atoms with van der Waals surface area (Å²) in [4.78, 5) is 2.13. The Morgan fingerprint density at radius 2 is 2.25 bits per heavy atom. The second-order valence-electron chi connectivity index (χ2n) is 3.55. The summed E-state index contributed by atoms with van der Waals surface area (Å²) in [6.45, 7) is 8.45. The molecule has 0 rings (SSSR count). The van der Waals surface area contributed by atoms with Gasteiger partial charge in [0, 0.05) is 13.1 Å². The average molecular weight is 250 g/mol. The van der Waals surface area contributed by atoms with Crippen molar-refractivity contribution in [2.24, 2.45) is 0 Å². The molecular formula is C10H22N2O3S. The number of aliphatic hydroxyl groups excluding tert-OH is 1. The Morgan fingerprint density at radius 1 is 1.56 bits per heavy atom. The third kappa shape index (κ3) is 8.99. The Bertz CT molecular complexity index is 214. The van der Waals surface area contributed by atoms with E-state index in [1.165, 1.54) is 6.08 Å². The van der Waals surface area contributed by atoms with Crippen molar-refractivity contribution in [2.75, 3.05) is 26.2 Å². The van der Waals surface area contributed by atoms with E-state index in [0.717, 1.165) is 25.9 Å². The number of rotatable bonds is 10. The molecular weight excluding hydrogens is 228 g/mol. The van der Waals surface area contributed by atoms with E-state index < -0.39 is 17.4 Å². The Morgan fingerprint density at radius 3 is 2.75 bits per heavy atom. The van der Waals surface area contributed by atoms with Gasteiger partial charge in [-0.3, -0.25) is 4.55 Å². The molecule has 0 saturated heterocycles. The van der Waals surface area contributed by atoms with E-state index in [1.807, 2.05) is 6.92 Å². The van der Waals surface area contributed by atoms with Gasteiger partial charge >= 0.3 is 0 Å². The molecule has 0 amide bonds. The predicted octanol–water partition coefficient (Wildman–Crippen LogP) is 0.362. The van der Waals surface area contributed by atoms with E-state index in [9.17, 15) is 9.32 Å². The van der Waals surface area contributed by atoms with Gasteiger partial charge in [0.1, 0.15) is 0 Å². The number of aliphatic hydroxyl groups is 1. The molecule has 2 unspecified atom stereocenters. The van der Waals surface area contributed by atoms with E-state index >= 15 is 0 Å². The summed E-state index contributed by atoms with van der Waals surface area (Å²) in [7, 11) is 0. The first kappa shape index (κ1) is 15.7. The summed E-state index contributed by atoms with van der Waals surface area (Å²) in [5, 5.41) is 9.39. The van der Waals surface area contributed by atoms with Crippen molar-refractivity contribution in [3.63, 3.8) is 0 Å². The number of nitrogens with one attached hydrogen (secondary N) is 1. The van der Waals surface area contributed by atoms with E-state index in [-0.39, 0.29) is 0 Å². The van der Waals surface area contributed by atoms with Crippen molar-refractivity contribution >= 4 is 11.3 Å². The molecule has 0 bridgehead atoms. The van der Waals surface area contributed by atoms with Crippen LogP contribution in [0.15, 0.2) is 12.7 Å². The van der Waals surface area contributed by atoms with Gasteiger partial charge in [0.05, 0.1) is 6.10 Å². The SMILES string of the molecule is C=CC(O)CN(CC)CCCCNS(=O)O. The molecule has 6 heteroatoms. The second-order valence-corrected chi connectivity index (χ2v) is 4.33. The van der Waals surface area contributed by atoms with Gasteiger partial charge in [0.25, 0.3) is 0 Å². The molecule has 0 aromatic rings. The highest BCUT2D eigenvalue weighted by Gasteiger charge is 2.06. The largest absolute Gasteiger partial charge is 0.388 e. The van der Waals surface area contributed by atoms with Gasteiger partial charge in [-0.25, -0.2) is 8.93 Å². The maximum Gasteiger partial charge on any atom is 0.231 e. The highest BCUT2D eigenvalue weighted by molar-refractivity contribution is 7.77. The Hall–Kier alpha value is -0.270. The molecule has 0 spiro atoms. The van der Waals surface area contributed by atoms with Gasteiger partial charge in [-0.2, -0.15) is 0 Å². The molecule has 2 atom stereocenters. The predicted molar refractivity (Wildman–Crippen MR) is 66.3 cm³/mol. The van der Waals surface area contributed by atoms with Gasteiger partial charge < -0.3 is 10.0 Å². The Kier molecular flexibility index (Phi) is 9.75. The van der Waals surface area contributed by atoms with Crippen LogP contribution in [0, 0.1) is 0 Å². The van der Waals surface area contributed by atoms with Crippen LogP contribution in [0.25, 0.3) is 0 Å². The molecule has 0 radical (unpaired) electrons. The third-order valence-corrected chi connectivity index (χ3v) is 2.74. The Balaban J connectivity index is 3.55. The monoisotopic (exact) mass is 250 g/mol. The zero-order valence-corrected chi connectivity index (χ0v) is 10.6. The van der Waals surface area contributed by atoms with Crippen LogP contribution in [-0.4, -0.2) is 51.1 Å². The van der Waals surface area contributed by atoms with Crippen LogP contribution in [0.4, 0.5) is 0 Å². The molecule has 0 heterocycles. The quantitative estimate of drug-likeness (QED) is 0.297. The summed E-state index contributed by atoms with van der Waals surface area (Å²) in [6.07, 6.45) is 2.82. The minimum absolute atomic E-state index is 0.483. The third-order valence-electron chi connectivity index (χ3n) is 2.29. The van der Waals surface area contributed by atoms with Crippen LogP contribution in [0.1, 0.15) is 19.8 Å². The van der Waals surface area contributed by atoms with E-state index in [1.54, 1.807) is 0 Å². The Labute approximate surface area is 100.0 Å². The molecule has 0 aliphatic rings. The normalized spacial score (nSPS) is 15.0. The van der Waals surface area contributed by atoms with E-state index in [0.29, 0.717) is 13.1 Å². The molecule has 0 aliphatic heterocycles. The smallest absolute Gasteiger partial charge is 0.231 e. The van der Waals surface area contributed by atoms with Gasteiger partial charge in [0.15, 0.2) is 0 Å². The van der Waals surface area contributed by atoms with Crippen molar-refractivity contribution in [3.05, 3.63) is 12.7 Å². The lowest BCUT2D eigenvalue weighted by Gasteiger charge is -2.21. The molecule has 3 N–H and O–H groups in total.